The fraction of sp³-hybridized carbons (Fsp3) is 0.560. The van der Waals surface area contributed by atoms with Gasteiger partial charge in [-0.3, -0.25) is 14.4 Å². The second-order valence-corrected chi connectivity index (χ2v) is 20.5. The third kappa shape index (κ3) is 65.2. The number of hydrogen-bond donors (Lipinski definition) is 0. The molecule has 0 saturated carbocycles. The average molecular weight is 1110 g/mol. The summed E-state index contributed by atoms with van der Waals surface area (Å²) < 4.78 is 16.8. The number of ether oxygens (including phenoxy) is 3. The van der Waals surface area contributed by atoms with Crippen molar-refractivity contribution in [2.24, 2.45) is 0 Å². The van der Waals surface area contributed by atoms with Crippen molar-refractivity contribution in [3.05, 3.63) is 182 Å². The minimum absolute atomic E-state index is 0.117. The minimum Gasteiger partial charge on any atom is -0.462 e. The van der Waals surface area contributed by atoms with Gasteiger partial charge in [-0.1, -0.05) is 254 Å². The summed E-state index contributed by atoms with van der Waals surface area (Å²) in [5, 5.41) is 0. The molecule has 6 nitrogen and oxygen atoms in total. The van der Waals surface area contributed by atoms with Gasteiger partial charge in [0.05, 0.1) is 0 Å². The number of unbranched alkanes of at least 4 members (excludes halogenated alkanes) is 15. The molecule has 0 aliphatic rings. The second-order valence-electron chi connectivity index (χ2n) is 20.5. The second kappa shape index (κ2) is 67.0. The lowest BCUT2D eigenvalue weighted by molar-refractivity contribution is -0.167. The number of esters is 3. The van der Waals surface area contributed by atoms with Crippen LogP contribution in [0.15, 0.2) is 182 Å². The molecule has 81 heavy (non-hydrogen) atoms. The van der Waals surface area contributed by atoms with Crippen molar-refractivity contribution in [1.29, 1.82) is 0 Å². The third-order valence-electron chi connectivity index (χ3n) is 12.9. The minimum atomic E-state index is -0.827. The van der Waals surface area contributed by atoms with E-state index in [0.29, 0.717) is 19.3 Å². The van der Waals surface area contributed by atoms with Crippen LogP contribution in [0.4, 0.5) is 0 Å². The zero-order valence-electron chi connectivity index (χ0n) is 51.7. The van der Waals surface area contributed by atoms with Gasteiger partial charge in [0.1, 0.15) is 13.2 Å². The molecule has 0 heterocycles. The average Bonchev–Trinajstić information content (AvgIpc) is 3.46. The molecule has 0 saturated heterocycles. The van der Waals surface area contributed by atoms with Crippen LogP contribution in [-0.4, -0.2) is 37.2 Å². The van der Waals surface area contributed by atoms with Crippen LogP contribution in [0.5, 0.6) is 0 Å². The number of carbonyl (C=O) groups is 3. The van der Waals surface area contributed by atoms with E-state index in [1.165, 1.54) is 38.5 Å². The first-order chi connectivity index (χ1) is 40.0. The van der Waals surface area contributed by atoms with E-state index in [1.54, 1.807) is 0 Å². The predicted octanol–water partition coefficient (Wildman–Crippen LogP) is 22.4. The summed E-state index contributed by atoms with van der Waals surface area (Å²) in [5.74, 6) is -1.00. The molecule has 0 N–H and O–H groups in total. The lowest BCUT2D eigenvalue weighted by Crippen LogP contribution is -2.30. The van der Waals surface area contributed by atoms with E-state index in [4.69, 9.17) is 14.2 Å². The number of allylic oxidation sites excluding steroid dienone is 30. The topological polar surface area (TPSA) is 78.9 Å². The standard InChI is InChI=1S/C75H116O6/c1-4-7-10-13-16-19-22-25-27-29-31-33-34-35-36-37-38-39-40-42-43-45-47-50-53-56-59-62-65-68-74(77)80-71-72(70-79-73(76)67-64-61-58-55-52-49-24-21-18-15-12-9-6-3)81-75(78)69-66-63-60-57-54-51-48-46-44-41-32-30-28-26-23-20-17-14-11-8-5-2/h7-8,10-11,16-17,19-21,24-28,31-33,35-36,38-39,41-43,46-48,50,54,57,72H,4-6,9,12-15,18,22-23,29-30,34,37,40,44-45,49,51-53,55-56,58-71H2,1-3H3/b10-7-,11-8-,19-16-,20-17-,24-21-,27-25-,28-26-,33-31-,36-35-,39-38-,41-32-,43-42-,48-46-,50-47-,57-54-. The van der Waals surface area contributed by atoms with Crippen molar-refractivity contribution in [2.75, 3.05) is 13.2 Å². The Labute approximate surface area is 497 Å². The summed E-state index contributed by atoms with van der Waals surface area (Å²) in [7, 11) is 0. The molecule has 0 rings (SSSR count). The maximum absolute atomic E-state index is 12.9. The molecule has 1 unspecified atom stereocenters. The van der Waals surface area contributed by atoms with E-state index >= 15 is 0 Å². The van der Waals surface area contributed by atoms with Crippen molar-refractivity contribution >= 4 is 17.9 Å². The highest BCUT2D eigenvalue weighted by atomic mass is 16.6. The number of hydrogen-bond acceptors (Lipinski definition) is 6. The van der Waals surface area contributed by atoms with Crippen molar-refractivity contribution in [3.8, 4) is 0 Å². The van der Waals surface area contributed by atoms with E-state index in [0.717, 1.165) is 167 Å². The molecule has 0 aromatic heterocycles. The van der Waals surface area contributed by atoms with E-state index in [2.05, 4.69) is 203 Å². The maximum Gasteiger partial charge on any atom is 0.306 e. The molecule has 1 atom stereocenters. The summed E-state index contributed by atoms with van der Waals surface area (Å²) in [5.41, 5.74) is 0. The van der Waals surface area contributed by atoms with Crippen molar-refractivity contribution in [3.63, 3.8) is 0 Å². The van der Waals surface area contributed by atoms with Crippen LogP contribution in [0.2, 0.25) is 0 Å². The molecule has 0 bridgehead atoms. The Morgan fingerprint density at radius 1 is 0.259 bits per heavy atom. The smallest absolute Gasteiger partial charge is 0.306 e. The fourth-order valence-electron chi connectivity index (χ4n) is 8.10. The quantitative estimate of drug-likeness (QED) is 0.0261. The molecule has 0 aromatic rings. The Morgan fingerprint density at radius 2 is 0.481 bits per heavy atom. The third-order valence-corrected chi connectivity index (χ3v) is 12.9. The van der Waals surface area contributed by atoms with Crippen LogP contribution in [0.1, 0.15) is 252 Å². The van der Waals surface area contributed by atoms with E-state index in [1.807, 2.05) is 0 Å². The first-order valence-electron chi connectivity index (χ1n) is 32.3. The van der Waals surface area contributed by atoms with Gasteiger partial charge in [-0.05, 0) is 161 Å². The van der Waals surface area contributed by atoms with Gasteiger partial charge in [0, 0.05) is 19.3 Å². The first kappa shape index (κ1) is 75.5. The molecule has 0 aliphatic heterocycles. The molecule has 0 spiro atoms. The maximum atomic E-state index is 12.9. The Hall–Kier alpha value is -5.49. The normalized spacial score (nSPS) is 13.4. The van der Waals surface area contributed by atoms with Gasteiger partial charge >= 0.3 is 17.9 Å². The fourth-order valence-corrected chi connectivity index (χ4v) is 8.10. The van der Waals surface area contributed by atoms with Crippen LogP contribution in [0, 0.1) is 0 Å². The van der Waals surface area contributed by atoms with Gasteiger partial charge in [-0.15, -0.1) is 0 Å². The Bertz CT molecular complexity index is 1900. The molecule has 0 radical (unpaired) electrons. The number of rotatable bonds is 56. The van der Waals surface area contributed by atoms with Crippen molar-refractivity contribution in [1.82, 2.24) is 0 Å². The summed E-state index contributed by atoms with van der Waals surface area (Å²) in [6, 6.07) is 0. The largest absolute Gasteiger partial charge is 0.462 e. The first-order valence-corrected chi connectivity index (χ1v) is 32.3. The van der Waals surface area contributed by atoms with Crippen LogP contribution in [-0.2, 0) is 28.6 Å². The number of carbonyl (C=O) groups excluding carboxylic acids is 3. The summed E-state index contributed by atoms with van der Waals surface area (Å²) in [6.45, 7) is 6.32. The van der Waals surface area contributed by atoms with Gasteiger partial charge in [-0.2, -0.15) is 0 Å². The van der Waals surface area contributed by atoms with Crippen LogP contribution < -0.4 is 0 Å². The van der Waals surface area contributed by atoms with Gasteiger partial charge in [0.2, 0.25) is 0 Å². The molecular formula is C75H116O6. The predicted molar refractivity (Wildman–Crippen MR) is 352 cm³/mol. The van der Waals surface area contributed by atoms with Crippen molar-refractivity contribution < 1.29 is 28.6 Å². The van der Waals surface area contributed by atoms with Crippen LogP contribution in [0.25, 0.3) is 0 Å². The Morgan fingerprint density at radius 3 is 0.790 bits per heavy atom. The molecule has 0 fully saturated rings. The van der Waals surface area contributed by atoms with E-state index < -0.39 is 6.10 Å². The van der Waals surface area contributed by atoms with Crippen LogP contribution in [0.3, 0.4) is 0 Å². The highest BCUT2D eigenvalue weighted by Crippen LogP contribution is 2.13. The molecule has 452 valence electrons. The van der Waals surface area contributed by atoms with Crippen molar-refractivity contribution in [2.45, 2.75) is 258 Å². The van der Waals surface area contributed by atoms with Gasteiger partial charge < -0.3 is 14.2 Å². The molecule has 6 heteroatoms. The highest BCUT2D eigenvalue weighted by molar-refractivity contribution is 5.71. The summed E-state index contributed by atoms with van der Waals surface area (Å²) in [4.78, 5) is 38.3. The SMILES string of the molecule is CC/C=C\C/C=C\C/C=C\C/C=C\C/C=C\C/C=C\C/C=C\C/C=C\CCCCCCC(=O)OCC(COC(=O)CCCCCCC/C=C\CCCCCC)OC(=O)CCCC/C=C\C/C=C\C/C=C\C/C=C\C/C=C\C/C=C\CC. The molecule has 0 amide bonds. The lowest BCUT2D eigenvalue weighted by Gasteiger charge is -2.18. The van der Waals surface area contributed by atoms with E-state index in [9.17, 15) is 14.4 Å². The van der Waals surface area contributed by atoms with E-state index in [-0.39, 0.29) is 37.5 Å². The molecular weight excluding hydrogens is 997 g/mol. The van der Waals surface area contributed by atoms with Gasteiger partial charge in [-0.25, -0.2) is 0 Å². The summed E-state index contributed by atoms with van der Waals surface area (Å²) in [6.07, 6.45) is 100. The Balaban J connectivity index is 4.50. The van der Waals surface area contributed by atoms with Gasteiger partial charge in [0.25, 0.3) is 0 Å². The Kier molecular flexibility index (Phi) is 62.5. The van der Waals surface area contributed by atoms with Gasteiger partial charge in [0.15, 0.2) is 6.10 Å². The zero-order valence-corrected chi connectivity index (χ0v) is 51.7. The monoisotopic (exact) mass is 1110 g/mol. The summed E-state index contributed by atoms with van der Waals surface area (Å²) >= 11 is 0. The van der Waals surface area contributed by atoms with Crippen LogP contribution >= 0.6 is 0 Å². The lowest BCUT2D eigenvalue weighted by atomic mass is 10.1. The molecule has 0 aromatic carbocycles. The highest BCUT2D eigenvalue weighted by Gasteiger charge is 2.19. The zero-order chi connectivity index (χ0) is 58.5. The molecule has 0 aliphatic carbocycles.